The summed E-state index contributed by atoms with van der Waals surface area (Å²) in [6, 6.07) is 5.85. The number of benzene rings is 1. The summed E-state index contributed by atoms with van der Waals surface area (Å²) in [5.74, 6) is -0.773. The van der Waals surface area contributed by atoms with E-state index in [1.54, 1.807) is 18.0 Å². The van der Waals surface area contributed by atoms with Gasteiger partial charge >= 0.3 is 5.97 Å². The number of hydrogen-bond donors (Lipinski definition) is 1. The van der Waals surface area contributed by atoms with Crippen molar-refractivity contribution in [2.45, 2.75) is 51.2 Å². The van der Waals surface area contributed by atoms with Crippen LogP contribution in [0.2, 0.25) is 0 Å². The number of esters is 1. The van der Waals surface area contributed by atoms with Crippen LogP contribution < -0.4 is 4.90 Å². The number of anilines is 1. The molecule has 1 aliphatic rings. The van der Waals surface area contributed by atoms with Crippen molar-refractivity contribution in [1.82, 2.24) is 4.98 Å². The number of phenolic OH excluding ortho intramolecular Hbond substituents is 1. The molecule has 1 atom stereocenters. The highest BCUT2D eigenvalue weighted by Crippen LogP contribution is 2.29. The van der Waals surface area contributed by atoms with Gasteiger partial charge in [0.1, 0.15) is 5.75 Å². The molecule has 0 aliphatic heterocycles. The highest BCUT2D eigenvalue weighted by molar-refractivity contribution is 7.13. The maximum Gasteiger partial charge on any atom is 0.338 e. The van der Waals surface area contributed by atoms with Crippen LogP contribution in [-0.4, -0.2) is 34.1 Å². The topological polar surface area (TPSA) is 79.7 Å². The van der Waals surface area contributed by atoms with Crippen molar-refractivity contribution < 1.29 is 19.4 Å². The lowest BCUT2D eigenvalue weighted by Gasteiger charge is -2.33. The van der Waals surface area contributed by atoms with E-state index >= 15 is 0 Å². The molecule has 138 valence electrons. The Kier molecular flexibility index (Phi) is 5.88. The van der Waals surface area contributed by atoms with Crippen molar-refractivity contribution in [3.63, 3.8) is 0 Å². The molecule has 26 heavy (non-hydrogen) atoms. The van der Waals surface area contributed by atoms with Crippen LogP contribution in [0.4, 0.5) is 5.13 Å². The minimum atomic E-state index is -0.915. The average molecular weight is 374 g/mol. The Balaban J connectivity index is 1.73. The molecule has 2 aromatic rings. The highest BCUT2D eigenvalue weighted by Gasteiger charge is 2.33. The van der Waals surface area contributed by atoms with Gasteiger partial charge in [0.05, 0.1) is 5.56 Å². The van der Waals surface area contributed by atoms with Crippen LogP contribution >= 0.6 is 11.3 Å². The molecule has 1 aromatic heterocycles. The molecule has 1 aliphatic carbocycles. The minimum absolute atomic E-state index is 0.0675. The molecular weight excluding hydrogens is 352 g/mol. The van der Waals surface area contributed by atoms with Gasteiger partial charge in [-0.2, -0.15) is 0 Å². The normalized spacial score (nSPS) is 16.0. The molecular formula is C19H22N2O4S. The first kappa shape index (κ1) is 18.4. The van der Waals surface area contributed by atoms with Crippen molar-refractivity contribution in [2.75, 3.05) is 4.90 Å². The molecule has 0 radical (unpaired) electrons. The van der Waals surface area contributed by atoms with Gasteiger partial charge in [0.2, 0.25) is 0 Å². The number of amides is 1. The molecule has 0 bridgehead atoms. The third-order valence-electron chi connectivity index (χ3n) is 4.54. The van der Waals surface area contributed by atoms with Crippen LogP contribution in [0, 0.1) is 0 Å². The summed E-state index contributed by atoms with van der Waals surface area (Å²) < 4.78 is 5.37. The molecule has 0 spiro atoms. The van der Waals surface area contributed by atoms with E-state index in [1.807, 2.05) is 5.38 Å². The average Bonchev–Trinajstić information content (AvgIpc) is 3.17. The van der Waals surface area contributed by atoms with Crippen molar-refractivity contribution in [1.29, 1.82) is 0 Å². The van der Waals surface area contributed by atoms with Crippen LogP contribution in [0.5, 0.6) is 5.75 Å². The van der Waals surface area contributed by atoms with E-state index < -0.39 is 12.1 Å². The Hall–Kier alpha value is -2.41. The number of thiazole rings is 1. The van der Waals surface area contributed by atoms with Crippen LogP contribution in [0.3, 0.4) is 0 Å². The molecule has 1 N–H and O–H groups in total. The van der Waals surface area contributed by atoms with E-state index in [4.69, 9.17) is 4.74 Å². The second-order valence-corrected chi connectivity index (χ2v) is 7.28. The van der Waals surface area contributed by atoms with Crippen molar-refractivity contribution in [3.8, 4) is 5.75 Å². The minimum Gasteiger partial charge on any atom is -0.508 e. The first-order valence-electron chi connectivity index (χ1n) is 8.79. The Labute approximate surface area is 156 Å². The molecule has 1 amide bonds. The van der Waals surface area contributed by atoms with Gasteiger partial charge in [0.25, 0.3) is 5.91 Å². The summed E-state index contributed by atoms with van der Waals surface area (Å²) >= 11 is 1.41. The number of carbonyl (C=O) groups is 2. The van der Waals surface area contributed by atoms with Gasteiger partial charge in [-0.15, -0.1) is 11.3 Å². The number of carbonyl (C=O) groups excluding carboxylic acids is 2. The standard InChI is InChI=1S/C19H22N2O4S/c1-13(25-18(24)14-7-9-16(22)10-8-14)17(23)21(19-20-11-12-26-19)15-5-3-2-4-6-15/h7-13,15,22H,2-6H2,1H3/t13-/m1/s1. The lowest BCUT2D eigenvalue weighted by atomic mass is 9.94. The summed E-state index contributed by atoms with van der Waals surface area (Å²) in [7, 11) is 0. The third-order valence-corrected chi connectivity index (χ3v) is 5.31. The van der Waals surface area contributed by atoms with Gasteiger partial charge in [-0.1, -0.05) is 19.3 Å². The molecule has 0 unspecified atom stereocenters. The molecule has 6 nitrogen and oxygen atoms in total. The van der Waals surface area contributed by atoms with E-state index in [0.717, 1.165) is 25.7 Å². The van der Waals surface area contributed by atoms with E-state index in [2.05, 4.69) is 4.98 Å². The molecule has 1 heterocycles. The fraction of sp³-hybridized carbons (Fsp3) is 0.421. The second kappa shape index (κ2) is 8.31. The van der Waals surface area contributed by atoms with Crippen molar-refractivity contribution in [2.24, 2.45) is 0 Å². The highest BCUT2D eigenvalue weighted by atomic mass is 32.1. The van der Waals surface area contributed by atoms with Crippen molar-refractivity contribution in [3.05, 3.63) is 41.4 Å². The largest absolute Gasteiger partial charge is 0.508 e. The van der Waals surface area contributed by atoms with E-state index in [-0.39, 0.29) is 17.7 Å². The predicted octanol–water partition coefficient (Wildman–Crippen LogP) is 3.76. The molecule has 7 heteroatoms. The Morgan fingerprint density at radius 1 is 1.23 bits per heavy atom. The number of phenols is 1. The molecule has 1 saturated carbocycles. The lowest BCUT2D eigenvalue weighted by Crippen LogP contribution is -2.47. The zero-order valence-electron chi connectivity index (χ0n) is 14.6. The predicted molar refractivity (Wildman–Crippen MR) is 99.5 cm³/mol. The fourth-order valence-corrected chi connectivity index (χ4v) is 3.89. The summed E-state index contributed by atoms with van der Waals surface area (Å²) in [5.41, 5.74) is 0.293. The van der Waals surface area contributed by atoms with Gasteiger partial charge in [-0.25, -0.2) is 9.78 Å². The van der Waals surface area contributed by atoms with Crippen LogP contribution in [-0.2, 0) is 9.53 Å². The van der Waals surface area contributed by atoms with Crippen LogP contribution in [0.15, 0.2) is 35.8 Å². The summed E-state index contributed by atoms with van der Waals surface area (Å²) in [6.07, 6.45) is 5.98. The van der Waals surface area contributed by atoms with E-state index in [0.29, 0.717) is 10.7 Å². The summed E-state index contributed by atoms with van der Waals surface area (Å²) in [4.78, 5) is 31.3. The second-order valence-electron chi connectivity index (χ2n) is 6.41. The number of hydrogen-bond acceptors (Lipinski definition) is 6. The van der Waals surface area contributed by atoms with Gasteiger partial charge in [-0.05, 0) is 44.0 Å². The van der Waals surface area contributed by atoms with Crippen molar-refractivity contribution >= 4 is 28.3 Å². The van der Waals surface area contributed by atoms with Crippen LogP contribution in [0.1, 0.15) is 49.4 Å². The monoisotopic (exact) mass is 374 g/mol. The van der Waals surface area contributed by atoms with Gasteiger partial charge < -0.3 is 9.84 Å². The summed E-state index contributed by atoms with van der Waals surface area (Å²) in [6.45, 7) is 1.59. The number of ether oxygens (including phenoxy) is 1. The first-order chi connectivity index (χ1) is 12.6. The maximum absolute atomic E-state index is 13.0. The number of nitrogens with zero attached hydrogens (tertiary/aromatic N) is 2. The fourth-order valence-electron chi connectivity index (χ4n) is 3.18. The Morgan fingerprint density at radius 2 is 1.92 bits per heavy atom. The number of aromatic hydroxyl groups is 1. The SMILES string of the molecule is C[C@@H](OC(=O)c1ccc(O)cc1)C(=O)N(c1nccs1)C1CCCCC1. The van der Waals surface area contributed by atoms with Gasteiger partial charge in [0.15, 0.2) is 11.2 Å². The summed E-state index contributed by atoms with van der Waals surface area (Å²) in [5, 5.41) is 11.8. The molecule has 1 aromatic carbocycles. The maximum atomic E-state index is 13.0. The molecule has 1 fully saturated rings. The third kappa shape index (κ3) is 4.22. The molecule has 3 rings (SSSR count). The zero-order chi connectivity index (χ0) is 18.5. The lowest BCUT2D eigenvalue weighted by molar-refractivity contribution is -0.127. The first-order valence-corrected chi connectivity index (χ1v) is 9.67. The van der Waals surface area contributed by atoms with E-state index in [9.17, 15) is 14.7 Å². The van der Waals surface area contributed by atoms with Gasteiger partial charge in [-0.3, -0.25) is 9.69 Å². The van der Waals surface area contributed by atoms with Gasteiger partial charge in [0, 0.05) is 17.6 Å². The number of rotatable bonds is 5. The Bertz CT molecular complexity index is 739. The zero-order valence-corrected chi connectivity index (χ0v) is 15.4. The Morgan fingerprint density at radius 3 is 2.54 bits per heavy atom. The quantitative estimate of drug-likeness (QED) is 0.806. The smallest absolute Gasteiger partial charge is 0.338 e. The molecule has 0 saturated heterocycles. The number of aromatic nitrogens is 1. The van der Waals surface area contributed by atoms with E-state index in [1.165, 1.54) is 42.0 Å². The van der Waals surface area contributed by atoms with Crippen LogP contribution in [0.25, 0.3) is 0 Å².